The molecule has 2 nitrogen and oxygen atoms in total. The Bertz CT molecular complexity index is 181. The van der Waals surface area contributed by atoms with Gasteiger partial charge in [-0.1, -0.05) is 6.42 Å². The number of rotatable bonds is 1. The molecule has 5 heteroatoms. The number of carboxylic acid groups (broad SMARTS) is 1. The van der Waals surface area contributed by atoms with Gasteiger partial charge in [-0.25, -0.2) is 0 Å². The van der Waals surface area contributed by atoms with Crippen molar-refractivity contribution in [1.82, 2.24) is 0 Å². The molecule has 1 fully saturated rings. The number of alkyl halides is 3. The smallest absolute Gasteiger partial charge is 0.399 e. The molecule has 0 aromatic carbocycles. The predicted octanol–water partition coefficient (Wildman–Crippen LogP) is 0.469. The van der Waals surface area contributed by atoms with Crippen LogP contribution in [-0.4, -0.2) is 12.1 Å². The Kier molecular flexibility index (Phi) is 1.61. The molecule has 1 rings (SSSR count). The van der Waals surface area contributed by atoms with Crippen molar-refractivity contribution in [2.75, 3.05) is 0 Å². The normalized spacial score (nSPS) is 22.5. The minimum absolute atomic E-state index is 0.313. The zero-order valence-electron chi connectivity index (χ0n) is 5.57. The van der Waals surface area contributed by atoms with Crippen LogP contribution < -0.4 is 5.11 Å². The van der Waals surface area contributed by atoms with Gasteiger partial charge in [-0.05, 0) is 12.8 Å². The fraction of sp³-hybridized carbons (Fsp3) is 0.833. The summed E-state index contributed by atoms with van der Waals surface area (Å²) in [4.78, 5) is 10.1. The van der Waals surface area contributed by atoms with Gasteiger partial charge in [0.05, 0.1) is 5.97 Å². The molecule has 0 aromatic rings. The zero-order chi connectivity index (χ0) is 8.70. The van der Waals surface area contributed by atoms with Crippen LogP contribution in [0.5, 0.6) is 0 Å². The molecule has 64 valence electrons. The molecule has 0 bridgehead atoms. The summed E-state index contributed by atoms with van der Waals surface area (Å²) in [6, 6.07) is 0. The molecular weight excluding hydrogens is 161 g/mol. The van der Waals surface area contributed by atoms with Crippen molar-refractivity contribution >= 4 is 5.97 Å². The third-order valence-electron chi connectivity index (χ3n) is 2.14. The highest BCUT2D eigenvalue weighted by molar-refractivity contribution is 5.74. The number of carboxylic acids is 1. The highest BCUT2D eigenvalue weighted by Gasteiger charge is 2.59. The van der Waals surface area contributed by atoms with Crippen LogP contribution in [0.15, 0.2) is 0 Å². The minimum atomic E-state index is -4.65. The molecule has 1 aliphatic rings. The maximum atomic E-state index is 12.0. The van der Waals surface area contributed by atoms with E-state index in [9.17, 15) is 23.1 Å². The lowest BCUT2D eigenvalue weighted by Crippen LogP contribution is -2.56. The molecular formula is C6H6F3O2-. The third-order valence-corrected chi connectivity index (χ3v) is 2.14. The lowest BCUT2D eigenvalue weighted by Gasteiger charge is -2.43. The molecule has 0 saturated heterocycles. The summed E-state index contributed by atoms with van der Waals surface area (Å²) in [5, 5.41) is 10.1. The maximum absolute atomic E-state index is 12.0. The third kappa shape index (κ3) is 0.985. The van der Waals surface area contributed by atoms with E-state index in [1.54, 1.807) is 0 Å². The van der Waals surface area contributed by atoms with Gasteiger partial charge in [-0.2, -0.15) is 13.2 Å². The Hall–Kier alpha value is -0.740. The second-order valence-electron chi connectivity index (χ2n) is 2.72. The van der Waals surface area contributed by atoms with Gasteiger partial charge < -0.3 is 9.90 Å². The SMILES string of the molecule is O=C([O-])C1(C(F)(F)F)CCC1. The molecule has 11 heavy (non-hydrogen) atoms. The van der Waals surface area contributed by atoms with Crippen molar-refractivity contribution in [3.63, 3.8) is 0 Å². The van der Waals surface area contributed by atoms with Crippen molar-refractivity contribution in [3.8, 4) is 0 Å². The van der Waals surface area contributed by atoms with Gasteiger partial charge in [0.1, 0.15) is 5.41 Å². The first kappa shape index (κ1) is 8.36. The Morgan fingerprint density at radius 1 is 1.36 bits per heavy atom. The van der Waals surface area contributed by atoms with Crippen molar-refractivity contribution in [2.45, 2.75) is 25.4 Å². The molecule has 0 N–H and O–H groups in total. The van der Waals surface area contributed by atoms with Gasteiger partial charge in [-0.3, -0.25) is 0 Å². The van der Waals surface area contributed by atoms with Gasteiger partial charge in [0.2, 0.25) is 0 Å². The van der Waals surface area contributed by atoms with Crippen LogP contribution in [0.2, 0.25) is 0 Å². The molecule has 0 unspecified atom stereocenters. The number of hydrogen-bond donors (Lipinski definition) is 0. The van der Waals surface area contributed by atoms with Crippen LogP contribution in [0.25, 0.3) is 0 Å². The van der Waals surface area contributed by atoms with Crippen LogP contribution in [0.4, 0.5) is 13.2 Å². The Morgan fingerprint density at radius 3 is 1.82 bits per heavy atom. The molecule has 0 spiro atoms. The molecule has 0 amide bonds. The Morgan fingerprint density at radius 2 is 1.82 bits per heavy atom. The summed E-state index contributed by atoms with van der Waals surface area (Å²) in [5.41, 5.74) is -2.53. The summed E-state index contributed by atoms with van der Waals surface area (Å²) in [7, 11) is 0. The van der Waals surface area contributed by atoms with Crippen LogP contribution in [0.3, 0.4) is 0 Å². The summed E-state index contributed by atoms with van der Waals surface area (Å²) >= 11 is 0. The van der Waals surface area contributed by atoms with E-state index in [1.807, 2.05) is 0 Å². The van der Waals surface area contributed by atoms with Crippen molar-refractivity contribution in [1.29, 1.82) is 0 Å². The van der Waals surface area contributed by atoms with Crippen molar-refractivity contribution in [2.24, 2.45) is 5.41 Å². The fourth-order valence-electron chi connectivity index (χ4n) is 1.13. The number of hydrogen-bond acceptors (Lipinski definition) is 2. The summed E-state index contributed by atoms with van der Waals surface area (Å²) in [5.74, 6) is -1.99. The van der Waals surface area contributed by atoms with Crippen LogP contribution in [0, 0.1) is 5.41 Å². The summed E-state index contributed by atoms with van der Waals surface area (Å²) in [6.07, 6.45) is -5.00. The fourth-order valence-corrected chi connectivity index (χ4v) is 1.13. The molecule has 0 radical (unpaired) electrons. The number of carbonyl (C=O) groups is 1. The van der Waals surface area contributed by atoms with Gasteiger partial charge >= 0.3 is 6.18 Å². The van der Waals surface area contributed by atoms with Gasteiger partial charge in [-0.15, -0.1) is 0 Å². The molecule has 0 aromatic heterocycles. The summed E-state index contributed by atoms with van der Waals surface area (Å²) < 4.78 is 36.0. The van der Waals surface area contributed by atoms with E-state index in [0.29, 0.717) is 6.42 Å². The monoisotopic (exact) mass is 167 g/mol. The second kappa shape index (κ2) is 2.12. The lowest BCUT2D eigenvalue weighted by atomic mass is 9.68. The molecule has 0 atom stereocenters. The Labute approximate surface area is 61.0 Å². The molecule has 0 heterocycles. The van der Waals surface area contributed by atoms with Gasteiger partial charge in [0.25, 0.3) is 0 Å². The zero-order valence-corrected chi connectivity index (χ0v) is 5.57. The second-order valence-corrected chi connectivity index (χ2v) is 2.72. The first-order valence-electron chi connectivity index (χ1n) is 3.18. The van der Waals surface area contributed by atoms with Crippen LogP contribution in [-0.2, 0) is 4.79 Å². The van der Waals surface area contributed by atoms with Crippen LogP contribution in [0.1, 0.15) is 19.3 Å². The topological polar surface area (TPSA) is 40.1 Å². The van der Waals surface area contributed by atoms with Crippen molar-refractivity contribution < 1.29 is 23.1 Å². The highest BCUT2D eigenvalue weighted by Crippen LogP contribution is 2.52. The first-order valence-corrected chi connectivity index (χ1v) is 3.18. The van der Waals surface area contributed by atoms with E-state index in [0.717, 1.165) is 0 Å². The standard InChI is InChI=1S/C6H7F3O2/c7-6(8,9)5(4(10)11)2-1-3-5/h1-3H2,(H,10,11)/p-1. The average molecular weight is 167 g/mol. The van der Waals surface area contributed by atoms with E-state index in [-0.39, 0.29) is 12.8 Å². The summed E-state index contributed by atoms with van der Waals surface area (Å²) in [6.45, 7) is 0. The first-order chi connectivity index (χ1) is 4.90. The Balaban J connectivity index is 2.85. The predicted molar refractivity (Wildman–Crippen MR) is 27.3 cm³/mol. The average Bonchev–Trinajstić information content (AvgIpc) is 1.52. The van der Waals surface area contributed by atoms with Crippen molar-refractivity contribution in [3.05, 3.63) is 0 Å². The van der Waals surface area contributed by atoms with E-state index < -0.39 is 17.6 Å². The molecule has 1 saturated carbocycles. The van der Waals surface area contributed by atoms with E-state index in [2.05, 4.69) is 0 Å². The number of halogens is 3. The van der Waals surface area contributed by atoms with Gasteiger partial charge in [0.15, 0.2) is 0 Å². The maximum Gasteiger partial charge on any atom is 0.399 e. The van der Waals surface area contributed by atoms with Crippen LogP contribution >= 0.6 is 0 Å². The lowest BCUT2D eigenvalue weighted by molar-refractivity contribution is -0.352. The quantitative estimate of drug-likeness (QED) is 0.569. The van der Waals surface area contributed by atoms with Gasteiger partial charge in [0, 0.05) is 0 Å². The number of aliphatic carboxylic acids is 1. The van der Waals surface area contributed by atoms with E-state index in [1.165, 1.54) is 0 Å². The number of carbonyl (C=O) groups excluding carboxylic acids is 1. The van der Waals surface area contributed by atoms with E-state index >= 15 is 0 Å². The highest BCUT2D eigenvalue weighted by atomic mass is 19.4. The largest absolute Gasteiger partial charge is 0.549 e. The van der Waals surface area contributed by atoms with E-state index in [4.69, 9.17) is 0 Å². The minimum Gasteiger partial charge on any atom is -0.549 e. The molecule has 0 aliphatic heterocycles. The molecule has 1 aliphatic carbocycles.